The lowest BCUT2D eigenvalue weighted by atomic mass is 10.2. The van der Waals surface area contributed by atoms with Gasteiger partial charge in [0.15, 0.2) is 0 Å². The minimum absolute atomic E-state index is 0.0557. The molecule has 5 nitrogen and oxygen atoms in total. The van der Waals surface area contributed by atoms with Gasteiger partial charge in [0.05, 0.1) is 18.7 Å². The minimum atomic E-state index is -0.811. The first-order valence-corrected chi connectivity index (χ1v) is 4.71. The highest BCUT2D eigenvalue weighted by atomic mass is 16.4. The lowest BCUT2D eigenvalue weighted by Gasteiger charge is -2.07. The first-order chi connectivity index (χ1) is 6.75. The Kier molecular flexibility index (Phi) is 2.49. The second kappa shape index (κ2) is 3.79. The molecule has 1 aromatic rings. The standard InChI is InChI=1S/C9H13N3O2/c13-9(14)3-7-4-11-12(6-7)8-1-2-10-5-8/h4,6,8,10H,1-3,5H2,(H,13,14). The van der Waals surface area contributed by atoms with Crippen molar-refractivity contribution >= 4 is 5.97 Å². The monoisotopic (exact) mass is 195 g/mol. The molecule has 0 spiro atoms. The van der Waals surface area contributed by atoms with Crippen LogP contribution in [0, 0.1) is 0 Å². The van der Waals surface area contributed by atoms with Crippen LogP contribution < -0.4 is 5.32 Å². The topological polar surface area (TPSA) is 67.1 Å². The van der Waals surface area contributed by atoms with E-state index < -0.39 is 5.97 Å². The minimum Gasteiger partial charge on any atom is -0.481 e. The number of hydrogen-bond donors (Lipinski definition) is 2. The second-order valence-corrected chi connectivity index (χ2v) is 3.55. The van der Waals surface area contributed by atoms with Crippen LogP contribution in [0.3, 0.4) is 0 Å². The van der Waals surface area contributed by atoms with E-state index in [0.29, 0.717) is 6.04 Å². The van der Waals surface area contributed by atoms with E-state index in [1.54, 1.807) is 6.20 Å². The van der Waals surface area contributed by atoms with Crippen LogP contribution in [-0.2, 0) is 11.2 Å². The van der Waals surface area contributed by atoms with Gasteiger partial charge in [0, 0.05) is 18.3 Å². The van der Waals surface area contributed by atoms with Crippen LogP contribution in [0.4, 0.5) is 0 Å². The molecule has 0 aromatic carbocycles. The fourth-order valence-corrected chi connectivity index (χ4v) is 1.71. The first kappa shape index (κ1) is 9.21. The molecule has 1 aromatic heterocycles. The summed E-state index contributed by atoms with van der Waals surface area (Å²) < 4.78 is 1.86. The SMILES string of the molecule is O=C(O)Cc1cnn(C2CCNC2)c1. The summed E-state index contributed by atoms with van der Waals surface area (Å²) >= 11 is 0. The van der Waals surface area contributed by atoms with Crippen molar-refractivity contribution in [1.82, 2.24) is 15.1 Å². The number of carboxylic acids is 1. The maximum Gasteiger partial charge on any atom is 0.307 e. The van der Waals surface area contributed by atoms with E-state index in [1.165, 1.54) is 0 Å². The molecule has 1 fully saturated rings. The number of rotatable bonds is 3. The van der Waals surface area contributed by atoms with Crippen molar-refractivity contribution in [2.45, 2.75) is 18.9 Å². The van der Waals surface area contributed by atoms with Crippen LogP contribution in [0.15, 0.2) is 12.4 Å². The summed E-state index contributed by atoms with van der Waals surface area (Å²) in [5.41, 5.74) is 0.768. The Morgan fingerprint density at radius 1 is 1.79 bits per heavy atom. The van der Waals surface area contributed by atoms with Crippen molar-refractivity contribution in [3.63, 3.8) is 0 Å². The van der Waals surface area contributed by atoms with Crippen LogP contribution in [-0.4, -0.2) is 33.9 Å². The number of hydrogen-bond acceptors (Lipinski definition) is 3. The molecular formula is C9H13N3O2. The summed E-state index contributed by atoms with van der Waals surface area (Å²) in [5, 5.41) is 16.0. The lowest BCUT2D eigenvalue weighted by Crippen LogP contribution is -2.13. The van der Waals surface area contributed by atoms with Gasteiger partial charge >= 0.3 is 5.97 Å². The summed E-state index contributed by atoms with van der Waals surface area (Å²) in [4.78, 5) is 10.4. The predicted molar refractivity (Wildman–Crippen MR) is 50.1 cm³/mol. The van der Waals surface area contributed by atoms with Crippen molar-refractivity contribution < 1.29 is 9.90 Å². The Balaban J connectivity index is 2.05. The summed E-state index contributed by atoms with van der Waals surface area (Å²) in [6, 6.07) is 0.387. The lowest BCUT2D eigenvalue weighted by molar-refractivity contribution is -0.136. The number of carboxylic acid groups (broad SMARTS) is 1. The smallest absolute Gasteiger partial charge is 0.307 e. The second-order valence-electron chi connectivity index (χ2n) is 3.55. The molecule has 0 aliphatic carbocycles. The molecule has 0 bridgehead atoms. The fourth-order valence-electron chi connectivity index (χ4n) is 1.71. The van der Waals surface area contributed by atoms with Crippen molar-refractivity contribution in [3.05, 3.63) is 18.0 Å². The third kappa shape index (κ3) is 1.93. The molecule has 0 saturated carbocycles. The summed E-state index contributed by atoms with van der Waals surface area (Å²) in [6.07, 6.45) is 4.58. The first-order valence-electron chi connectivity index (χ1n) is 4.71. The number of carbonyl (C=O) groups is 1. The highest BCUT2D eigenvalue weighted by Crippen LogP contribution is 2.14. The third-order valence-electron chi connectivity index (χ3n) is 2.42. The van der Waals surface area contributed by atoms with E-state index in [4.69, 9.17) is 5.11 Å². The van der Waals surface area contributed by atoms with Gasteiger partial charge in [-0.3, -0.25) is 9.48 Å². The highest BCUT2D eigenvalue weighted by molar-refractivity contribution is 5.69. The zero-order valence-corrected chi connectivity index (χ0v) is 7.81. The molecule has 1 atom stereocenters. The maximum atomic E-state index is 10.4. The van der Waals surface area contributed by atoms with E-state index in [2.05, 4.69) is 10.4 Å². The molecule has 1 saturated heterocycles. The Morgan fingerprint density at radius 2 is 2.64 bits per heavy atom. The van der Waals surface area contributed by atoms with Gasteiger partial charge in [0.2, 0.25) is 0 Å². The average molecular weight is 195 g/mol. The highest BCUT2D eigenvalue weighted by Gasteiger charge is 2.17. The van der Waals surface area contributed by atoms with E-state index in [0.717, 1.165) is 25.1 Å². The van der Waals surface area contributed by atoms with E-state index in [9.17, 15) is 4.79 Å². The van der Waals surface area contributed by atoms with Gasteiger partial charge in [-0.1, -0.05) is 0 Å². The summed E-state index contributed by atoms with van der Waals surface area (Å²) in [5.74, 6) is -0.811. The van der Waals surface area contributed by atoms with Crippen LogP contribution in [0.2, 0.25) is 0 Å². The normalized spacial score (nSPS) is 21.3. The van der Waals surface area contributed by atoms with Crippen LogP contribution >= 0.6 is 0 Å². The molecule has 5 heteroatoms. The van der Waals surface area contributed by atoms with E-state index in [-0.39, 0.29) is 6.42 Å². The number of nitrogens with one attached hydrogen (secondary N) is 1. The van der Waals surface area contributed by atoms with Gasteiger partial charge in [-0.05, 0) is 13.0 Å². The Hall–Kier alpha value is -1.36. The van der Waals surface area contributed by atoms with Gasteiger partial charge in [-0.25, -0.2) is 0 Å². The van der Waals surface area contributed by atoms with Crippen molar-refractivity contribution in [2.24, 2.45) is 0 Å². The number of aliphatic carboxylic acids is 1. The van der Waals surface area contributed by atoms with Crippen molar-refractivity contribution in [2.75, 3.05) is 13.1 Å². The third-order valence-corrected chi connectivity index (χ3v) is 2.42. The Bertz CT molecular complexity index is 329. The molecular weight excluding hydrogens is 182 g/mol. The molecule has 1 unspecified atom stereocenters. The molecule has 2 rings (SSSR count). The van der Waals surface area contributed by atoms with Crippen LogP contribution in [0.5, 0.6) is 0 Å². The van der Waals surface area contributed by atoms with Gasteiger partial charge in [-0.2, -0.15) is 5.10 Å². The molecule has 2 heterocycles. The van der Waals surface area contributed by atoms with Gasteiger partial charge in [0.25, 0.3) is 0 Å². The van der Waals surface area contributed by atoms with E-state index in [1.807, 2.05) is 10.9 Å². The molecule has 76 valence electrons. The van der Waals surface area contributed by atoms with Crippen molar-refractivity contribution in [3.8, 4) is 0 Å². The number of nitrogens with zero attached hydrogens (tertiary/aromatic N) is 2. The molecule has 2 N–H and O–H groups in total. The Morgan fingerprint density at radius 3 is 3.29 bits per heavy atom. The van der Waals surface area contributed by atoms with Crippen LogP contribution in [0.1, 0.15) is 18.0 Å². The predicted octanol–water partition coefficient (Wildman–Crippen LogP) is 0.0446. The Labute approximate surface area is 81.7 Å². The molecule has 0 amide bonds. The zero-order valence-electron chi connectivity index (χ0n) is 7.81. The molecule has 1 aliphatic rings. The van der Waals surface area contributed by atoms with Crippen molar-refractivity contribution in [1.29, 1.82) is 0 Å². The van der Waals surface area contributed by atoms with Gasteiger partial charge < -0.3 is 10.4 Å². The largest absolute Gasteiger partial charge is 0.481 e. The quantitative estimate of drug-likeness (QED) is 0.715. The summed E-state index contributed by atoms with van der Waals surface area (Å²) in [7, 11) is 0. The molecule has 0 radical (unpaired) electrons. The average Bonchev–Trinajstić information content (AvgIpc) is 2.69. The molecule has 1 aliphatic heterocycles. The maximum absolute atomic E-state index is 10.4. The van der Waals surface area contributed by atoms with Gasteiger partial charge in [0.1, 0.15) is 0 Å². The molecule has 14 heavy (non-hydrogen) atoms. The number of aromatic nitrogens is 2. The van der Waals surface area contributed by atoms with Crippen LogP contribution in [0.25, 0.3) is 0 Å². The fraction of sp³-hybridized carbons (Fsp3) is 0.556. The summed E-state index contributed by atoms with van der Waals surface area (Å²) in [6.45, 7) is 1.94. The van der Waals surface area contributed by atoms with E-state index >= 15 is 0 Å². The zero-order chi connectivity index (χ0) is 9.97. The van der Waals surface area contributed by atoms with Gasteiger partial charge in [-0.15, -0.1) is 0 Å².